The van der Waals surface area contributed by atoms with E-state index in [1.165, 1.54) is 0 Å². The molecule has 0 aromatic heterocycles. The van der Waals surface area contributed by atoms with E-state index in [1.54, 1.807) is 20.3 Å². The summed E-state index contributed by atoms with van der Waals surface area (Å²) in [6.07, 6.45) is 11.1. The first-order valence-electron chi connectivity index (χ1n) is 10.7. The van der Waals surface area contributed by atoms with Gasteiger partial charge in [0.05, 0.1) is 14.2 Å². The molecule has 0 aliphatic heterocycles. The Kier molecular flexibility index (Phi) is 10.4. The minimum absolute atomic E-state index is 0.156. The normalized spacial score (nSPS) is 20.1. The van der Waals surface area contributed by atoms with Crippen LogP contribution in [-0.2, 0) is 4.79 Å². The first-order chi connectivity index (χ1) is 14.1. The smallest absolute Gasteiger partial charge is 0.155 e. The monoisotopic (exact) mass is 418 g/mol. The molecule has 0 spiro atoms. The van der Waals surface area contributed by atoms with Crippen LogP contribution in [0.1, 0.15) is 69.8 Å². The number of aliphatic hydroxyl groups is 1. The van der Waals surface area contributed by atoms with E-state index in [4.69, 9.17) is 26.8 Å². The van der Waals surface area contributed by atoms with Crippen molar-refractivity contribution in [3.05, 3.63) is 29.8 Å². The van der Waals surface area contributed by atoms with Crippen molar-refractivity contribution in [1.29, 1.82) is 0 Å². The maximum absolute atomic E-state index is 12.5. The van der Waals surface area contributed by atoms with E-state index in [0.717, 1.165) is 85.3 Å². The van der Waals surface area contributed by atoms with Crippen LogP contribution in [0, 0.1) is 5.92 Å². The van der Waals surface area contributed by atoms with Crippen molar-refractivity contribution in [2.45, 2.75) is 64.2 Å². The molecular formula is C24H34O4S. The molecule has 2 rings (SSSR count). The number of methoxy groups -OCH3 is 2. The number of aliphatic hydroxyl groups excluding tert-OH is 1. The highest BCUT2D eigenvalue weighted by Gasteiger charge is 2.19. The number of ether oxygens (including phenoxy) is 2. The lowest BCUT2D eigenvalue weighted by molar-refractivity contribution is -0.114. The largest absolute Gasteiger partial charge is 0.497 e. The first-order valence-corrected chi connectivity index (χ1v) is 11.1. The molecule has 0 heterocycles. The third-order valence-corrected chi connectivity index (χ3v) is 6.15. The molecule has 1 atom stereocenters. The Morgan fingerprint density at radius 3 is 2.59 bits per heavy atom. The van der Waals surface area contributed by atoms with Gasteiger partial charge in [-0.15, -0.1) is 0 Å². The number of hydrogen-bond donors (Lipinski definition) is 1. The van der Waals surface area contributed by atoms with Crippen LogP contribution in [0.4, 0.5) is 0 Å². The van der Waals surface area contributed by atoms with Crippen molar-refractivity contribution >= 4 is 28.4 Å². The number of thiocarbonyl (C=S) groups is 1. The van der Waals surface area contributed by atoms with Gasteiger partial charge in [-0.3, -0.25) is 4.79 Å². The number of benzene rings is 1. The molecule has 0 saturated carbocycles. The van der Waals surface area contributed by atoms with E-state index in [-0.39, 0.29) is 12.4 Å². The molecular weight excluding hydrogens is 384 g/mol. The number of carbonyl (C=O) groups excluding carboxylic acids is 1. The fourth-order valence-electron chi connectivity index (χ4n) is 3.91. The SMILES string of the molecule is COc1ccc(/C2=C/C(=O)CCCC(=S)C(CCCCCCO)CC2)c(OC)c1. The molecule has 29 heavy (non-hydrogen) atoms. The van der Waals surface area contributed by atoms with Gasteiger partial charge >= 0.3 is 0 Å². The van der Waals surface area contributed by atoms with E-state index in [0.29, 0.717) is 12.3 Å². The molecule has 0 bridgehead atoms. The highest BCUT2D eigenvalue weighted by atomic mass is 32.1. The fraction of sp³-hybridized carbons (Fsp3) is 0.583. The summed E-state index contributed by atoms with van der Waals surface area (Å²) in [5.41, 5.74) is 1.97. The van der Waals surface area contributed by atoms with E-state index in [2.05, 4.69) is 0 Å². The van der Waals surface area contributed by atoms with Crippen LogP contribution in [-0.4, -0.2) is 36.6 Å². The van der Waals surface area contributed by atoms with E-state index >= 15 is 0 Å². The number of rotatable bonds is 9. The summed E-state index contributed by atoms with van der Waals surface area (Å²) in [4.78, 5) is 13.6. The molecule has 0 amide bonds. The third-order valence-electron chi connectivity index (χ3n) is 5.61. The maximum atomic E-state index is 12.5. The quantitative estimate of drug-likeness (QED) is 0.421. The van der Waals surface area contributed by atoms with Crippen molar-refractivity contribution in [3.8, 4) is 11.5 Å². The second kappa shape index (κ2) is 12.8. The first kappa shape index (κ1) is 23.6. The summed E-state index contributed by atoms with van der Waals surface area (Å²) < 4.78 is 10.9. The summed E-state index contributed by atoms with van der Waals surface area (Å²) in [5.74, 6) is 2.02. The molecule has 1 N–H and O–H groups in total. The zero-order chi connectivity index (χ0) is 21.1. The van der Waals surface area contributed by atoms with Crippen molar-refractivity contribution in [1.82, 2.24) is 0 Å². The van der Waals surface area contributed by atoms with Gasteiger partial charge in [-0.2, -0.15) is 0 Å². The van der Waals surface area contributed by atoms with Crippen LogP contribution in [0.2, 0.25) is 0 Å². The summed E-state index contributed by atoms with van der Waals surface area (Å²) in [6, 6.07) is 5.75. The Balaban J connectivity index is 2.17. The topological polar surface area (TPSA) is 55.8 Å². The molecule has 1 aliphatic carbocycles. The highest BCUT2D eigenvalue weighted by Crippen LogP contribution is 2.35. The number of unbranched alkanes of at least 4 members (excludes halogenated alkanes) is 3. The van der Waals surface area contributed by atoms with Gasteiger partial charge in [0.1, 0.15) is 11.5 Å². The van der Waals surface area contributed by atoms with E-state index < -0.39 is 0 Å². The third kappa shape index (κ3) is 7.56. The van der Waals surface area contributed by atoms with E-state index in [9.17, 15) is 4.79 Å². The molecule has 1 aliphatic rings. The van der Waals surface area contributed by atoms with Gasteiger partial charge < -0.3 is 14.6 Å². The van der Waals surface area contributed by atoms with Crippen LogP contribution >= 0.6 is 12.2 Å². The van der Waals surface area contributed by atoms with Crippen LogP contribution in [0.5, 0.6) is 11.5 Å². The van der Waals surface area contributed by atoms with E-state index in [1.807, 2.05) is 18.2 Å². The zero-order valence-corrected chi connectivity index (χ0v) is 18.6. The Bertz CT molecular complexity index is 711. The lowest BCUT2D eigenvalue weighted by Crippen LogP contribution is -2.15. The standard InChI is InChI=1S/C24H34O4S/c1-27-21-13-14-22(23(17-21)28-2)19-12-11-18(8-5-3-4-6-15-25)24(29)10-7-9-20(26)16-19/h13-14,16-18,25H,3-12,15H2,1-2H3/b19-16+. The molecule has 0 fully saturated rings. The van der Waals surface area contributed by atoms with Gasteiger partial charge in [0.15, 0.2) is 5.78 Å². The van der Waals surface area contributed by atoms with Gasteiger partial charge in [0.25, 0.3) is 0 Å². The van der Waals surface area contributed by atoms with Crippen LogP contribution in [0.3, 0.4) is 0 Å². The number of allylic oxidation sites excluding steroid dienone is 2. The van der Waals surface area contributed by atoms with Crippen LogP contribution < -0.4 is 9.47 Å². The van der Waals surface area contributed by atoms with Crippen LogP contribution in [0.25, 0.3) is 5.57 Å². The molecule has 1 unspecified atom stereocenters. The average molecular weight is 419 g/mol. The Hall–Kier alpha value is -1.72. The molecule has 160 valence electrons. The molecule has 1 aromatic carbocycles. The predicted octanol–water partition coefficient (Wildman–Crippen LogP) is 5.55. The molecule has 0 radical (unpaired) electrons. The van der Waals surface area contributed by atoms with Gasteiger partial charge in [0.2, 0.25) is 0 Å². The molecule has 1 aromatic rings. The summed E-state index contributed by atoms with van der Waals surface area (Å²) in [6.45, 7) is 0.272. The zero-order valence-electron chi connectivity index (χ0n) is 17.7. The lowest BCUT2D eigenvalue weighted by Gasteiger charge is -2.21. The Labute approximate surface area is 180 Å². The number of hydrogen-bond acceptors (Lipinski definition) is 5. The van der Waals surface area contributed by atoms with Gasteiger partial charge in [-0.05, 0) is 73.1 Å². The lowest BCUT2D eigenvalue weighted by atomic mass is 9.86. The maximum Gasteiger partial charge on any atom is 0.155 e. The van der Waals surface area contributed by atoms with Gasteiger partial charge in [-0.1, -0.05) is 31.5 Å². The van der Waals surface area contributed by atoms with Crippen molar-refractivity contribution < 1.29 is 19.4 Å². The molecule has 0 saturated heterocycles. The van der Waals surface area contributed by atoms with Gasteiger partial charge in [-0.25, -0.2) is 0 Å². The highest BCUT2D eigenvalue weighted by molar-refractivity contribution is 7.80. The second-order valence-corrected chi connectivity index (χ2v) is 8.21. The second-order valence-electron chi connectivity index (χ2n) is 7.68. The summed E-state index contributed by atoms with van der Waals surface area (Å²) in [5, 5.41) is 8.94. The fourth-order valence-corrected chi connectivity index (χ4v) is 4.29. The van der Waals surface area contributed by atoms with Crippen LogP contribution in [0.15, 0.2) is 24.3 Å². The Morgan fingerprint density at radius 2 is 1.86 bits per heavy atom. The summed E-state index contributed by atoms with van der Waals surface area (Å²) >= 11 is 5.74. The minimum atomic E-state index is 0.156. The van der Waals surface area contributed by atoms with Crippen molar-refractivity contribution in [3.63, 3.8) is 0 Å². The predicted molar refractivity (Wildman–Crippen MR) is 122 cm³/mol. The molecule has 4 nitrogen and oxygen atoms in total. The average Bonchev–Trinajstić information content (AvgIpc) is 2.73. The summed E-state index contributed by atoms with van der Waals surface area (Å²) in [7, 11) is 3.28. The van der Waals surface area contributed by atoms with Gasteiger partial charge in [0, 0.05) is 24.7 Å². The van der Waals surface area contributed by atoms with Crippen molar-refractivity contribution in [2.75, 3.05) is 20.8 Å². The van der Waals surface area contributed by atoms with Crippen molar-refractivity contribution in [2.24, 2.45) is 5.92 Å². The number of ketones is 1. The minimum Gasteiger partial charge on any atom is -0.497 e. The Morgan fingerprint density at radius 1 is 1.07 bits per heavy atom. The number of carbonyl (C=O) groups is 1. The molecule has 5 heteroatoms.